The van der Waals surface area contributed by atoms with Gasteiger partial charge in [0.2, 0.25) is 0 Å². The van der Waals surface area contributed by atoms with Crippen molar-refractivity contribution in [2.45, 2.75) is 63.2 Å². The van der Waals surface area contributed by atoms with Crippen LogP contribution in [0.25, 0.3) is 122 Å². The maximum absolute atomic E-state index is 7.20. The minimum Gasteiger partial charge on any atom is -0.456 e. The van der Waals surface area contributed by atoms with Crippen molar-refractivity contribution in [2.24, 2.45) is 0 Å². The molecule has 2 spiro atoms. The Hall–Kier alpha value is -12.3. The summed E-state index contributed by atoms with van der Waals surface area (Å²) in [7, 11) is 0. The van der Waals surface area contributed by atoms with Gasteiger partial charge in [-0.25, -0.2) is 0 Å². The Morgan fingerprint density at radius 2 is 0.835 bits per heavy atom. The molecule has 3 nitrogen and oxygen atoms in total. The summed E-state index contributed by atoms with van der Waals surface area (Å²) in [6, 6.07) is 114. The molecule has 1 unspecified atom stereocenters. The van der Waals surface area contributed by atoms with Crippen LogP contribution in [0.2, 0.25) is 0 Å². The van der Waals surface area contributed by atoms with E-state index in [-0.39, 0.29) is 5.92 Å². The Balaban J connectivity index is 0.744. The van der Waals surface area contributed by atoms with E-state index < -0.39 is 16.2 Å². The molecule has 23 rings (SSSR count). The quantitative estimate of drug-likeness (QED) is 0.172. The van der Waals surface area contributed by atoms with Gasteiger partial charge in [0.05, 0.1) is 16.5 Å². The van der Waals surface area contributed by atoms with Crippen molar-refractivity contribution < 1.29 is 8.83 Å². The van der Waals surface area contributed by atoms with E-state index in [1.807, 2.05) is 0 Å². The maximum Gasteiger partial charge on any atom is 0.143 e. The number of nitrogens with zero attached hydrogens (tertiary/aromatic N) is 1. The van der Waals surface area contributed by atoms with E-state index in [1.54, 1.807) is 0 Å². The number of benzene rings is 15. The van der Waals surface area contributed by atoms with E-state index in [1.165, 1.54) is 178 Å². The zero-order valence-electron chi connectivity index (χ0n) is 57.8. The summed E-state index contributed by atoms with van der Waals surface area (Å²) in [5.74, 6) is 0.288. The van der Waals surface area contributed by atoms with Gasteiger partial charge in [0.25, 0.3) is 0 Å². The van der Waals surface area contributed by atoms with Crippen molar-refractivity contribution in [3.63, 3.8) is 0 Å². The van der Waals surface area contributed by atoms with Gasteiger partial charge in [0, 0.05) is 49.8 Å². The van der Waals surface area contributed by atoms with Crippen LogP contribution in [0.5, 0.6) is 0 Å². The molecule has 0 saturated carbocycles. The lowest BCUT2D eigenvalue weighted by Crippen LogP contribution is -2.27. The third-order valence-electron chi connectivity index (χ3n) is 25.1. The number of para-hydroxylation sites is 2. The van der Waals surface area contributed by atoms with Crippen LogP contribution in [-0.4, -0.2) is 0 Å². The Bertz CT molecular complexity index is 6570. The highest BCUT2D eigenvalue weighted by Gasteiger charge is 2.57. The number of fused-ring (bicyclic) bond motifs is 34. The van der Waals surface area contributed by atoms with E-state index in [0.29, 0.717) is 0 Å². The van der Waals surface area contributed by atoms with Crippen molar-refractivity contribution in [1.82, 2.24) is 0 Å². The third-order valence-corrected chi connectivity index (χ3v) is 25.1. The van der Waals surface area contributed by atoms with E-state index in [4.69, 9.17) is 8.83 Å². The number of aryl methyl sites for hydroxylation is 3. The first-order valence-corrected chi connectivity index (χ1v) is 36.5. The lowest BCUT2D eigenvalue weighted by molar-refractivity contribution is 0.657. The van der Waals surface area contributed by atoms with Gasteiger partial charge in [-0.05, 0) is 250 Å². The second-order valence-electron chi connectivity index (χ2n) is 30.5. The number of furan rings is 2. The van der Waals surface area contributed by atoms with E-state index >= 15 is 0 Å². The van der Waals surface area contributed by atoms with E-state index in [2.05, 4.69) is 337 Å². The molecule has 0 saturated heterocycles. The summed E-state index contributed by atoms with van der Waals surface area (Å²) in [6.07, 6.45) is 0.948. The molecule has 484 valence electrons. The number of hydrogen-bond acceptors (Lipinski definition) is 3. The van der Waals surface area contributed by atoms with Gasteiger partial charge in [-0.3, -0.25) is 0 Å². The second-order valence-corrected chi connectivity index (χ2v) is 30.5. The first kappa shape index (κ1) is 57.5. The average molecular weight is 1310 g/mol. The molecule has 0 fully saturated rings. The molecule has 2 heterocycles. The highest BCUT2D eigenvalue weighted by atomic mass is 16.3. The van der Waals surface area contributed by atoms with Crippen LogP contribution in [0, 0.1) is 20.8 Å². The number of rotatable bonds is 5. The summed E-state index contributed by atoms with van der Waals surface area (Å²) in [6.45, 7) is 11.7. The molecule has 17 aromatic rings. The SMILES string of the molecule is Cc1cc(C)c(N(c2ccc3c(c2)C(C)(C)c2cc(-c4ccc5c(c4)-c4ccccc4C(c4ccccc4)C5)c4oc5ccccc5c4c2-3)c2ccc3c(c2)C2(c4ccccc4-c4ccccc42)c2cc4c(cc2-3)C2(c3ccccc3-c3ccccc32)c2ccc3oc5ccccc5c3c2-4)c(C)c1. The maximum atomic E-state index is 7.20. The normalized spacial score (nSPS) is 15.5. The topological polar surface area (TPSA) is 29.5 Å². The van der Waals surface area contributed by atoms with Crippen LogP contribution in [0.15, 0.2) is 306 Å². The van der Waals surface area contributed by atoms with Crippen LogP contribution in [0.1, 0.15) is 109 Å². The highest BCUT2D eigenvalue weighted by Crippen LogP contribution is 2.70. The molecule has 0 bridgehead atoms. The summed E-state index contributed by atoms with van der Waals surface area (Å²) < 4.78 is 14.1. The second kappa shape index (κ2) is 20.2. The molecule has 1 atom stereocenters. The van der Waals surface area contributed by atoms with Gasteiger partial charge in [0.1, 0.15) is 22.3 Å². The standard InChI is InChI=1S/C100H67NO2/c1-56-47-57(2)96(58(3)48-56)101(62-42-44-71-84(51-62)98(4,5)88-53-76(97-95(92(71)88)73-32-16-22-38-90(73)103-97)61-40-39-60-49-74(59-23-7-6-8-24-59)64-25-9-10-26-65(64)75(60)50-61)63-41-43-70-77-54-87-78(55-86(77)100(85(70)52-63)81-35-19-13-29-68(81)69-30-14-20-36-82(69)100)93-83(45-46-91-94(93)72-31-15-21-37-89(72)102-91)99(87)79-33-17-11-27-66(79)67-28-12-18-34-80(67)99/h6-48,50-55,74H,49H2,1-5H3. The monoisotopic (exact) mass is 1310 g/mol. The fraction of sp³-hybridized carbons (Fsp3) is 0.100. The number of anilines is 3. The fourth-order valence-corrected chi connectivity index (χ4v) is 21.1. The molecule has 0 radical (unpaired) electrons. The zero-order chi connectivity index (χ0) is 68.1. The summed E-state index contributed by atoms with van der Waals surface area (Å²) in [5, 5.41) is 4.63. The van der Waals surface area contributed by atoms with Crippen molar-refractivity contribution in [1.29, 1.82) is 0 Å². The zero-order valence-corrected chi connectivity index (χ0v) is 57.8. The molecule has 15 aromatic carbocycles. The summed E-state index contributed by atoms with van der Waals surface area (Å²) in [4.78, 5) is 2.60. The Labute approximate surface area is 598 Å². The van der Waals surface area contributed by atoms with Crippen LogP contribution in [-0.2, 0) is 22.7 Å². The van der Waals surface area contributed by atoms with Crippen molar-refractivity contribution in [2.75, 3.05) is 4.90 Å². The molecular weight excluding hydrogens is 1250 g/mol. The summed E-state index contributed by atoms with van der Waals surface area (Å²) in [5.41, 5.74) is 43.9. The summed E-state index contributed by atoms with van der Waals surface area (Å²) >= 11 is 0. The molecule has 0 amide bonds. The predicted octanol–water partition coefficient (Wildman–Crippen LogP) is 25.9. The first-order valence-electron chi connectivity index (χ1n) is 36.5. The molecule has 0 N–H and O–H groups in total. The Kier molecular flexibility index (Phi) is 11.3. The Morgan fingerprint density at radius 1 is 0.330 bits per heavy atom. The highest BCUT2D eigenvalue weighted by molar-refractivity contribution is 6.20. The minimum atomic E-state index is -0.691. The third kappa shape index (κ3) is 7.24. The van der Waals surface area contributed by atoms with Crippen LogP contribution in [0.4, 0.5) is 17.1 Å². The lowest BCUT2D eigenvalue weighted by atomic mass is 9.68. The molecule has 6 aliphatic rings. The van der Waals surface area contributed by atoms with Gasteiger partial charge in [-0.15, -0.1) is 0 Å². The smallest absolute Gasteiger partial charge is 0.143 e. The molecule has 6 aliphatic carbocycles. The van der Waals surface area contributed by atoms with Gasteiger partial charge in [-0.2, -0.15) is 0 Å². The molecule has 0 aliphatic heterocycles. The lowest BCUT2D eigenvalue weighted by Gasteiger charge is -2.34. The molecule has 2 aromatic heterocycles. The first-order chi connectivity index (χ1) is 50.6. The molecule has 103 heavy (non-hydrogen) atoms. The van der Waals surface area contributed by atoms with Crippen molar-refractivity contribution in [3.8, 4) is 77.9 Å². The van der Waals surface area contributed by atoms with Gasteiger partial charge in [-0.1, -0.05) is 250 Å². The van der Waals surface area contributed by atoms with Crippen LogP contribution >= 0.6 is 0 Å². The van der Waals surface area contributed by atoms with Crippen LogP contribution in [0.3, 0.4) is 0 Å². The van der Waals surface area contributed by atoms with Crippen LogP contribution < -0.4 is 4.90 Å². The predicted molar refractivity (Wildman–Crippen MR) is 423 cm³/mol. The Morgan fingerprint density at radius 3 is 1.50 bits per heavy atom. The average Bonchev–Trinajstić information content (AvgIpc) is 1.48. The van der Waals surface area contributed by atoms with Gasteiger partial charge in [0.15, 0.2) is 0 Å². The van der Waals surface area contributed by atoms with Crippen molar-refractivity contribution >= 4 is 60.9 Å². The fourth-order valence-electron chi connectivity index (χ4n) is 21.1. The van der Waals surface area contributed by atoms with E-state index in [0.717, 1.165) is 56.5 Å². The minimum absolute atomic E-state index is 0.288. The largest absolute Gasteiger partial charge is 0.456 e. The van der Waals surface area contributed by atoms with Gasteiger partial charge >= 0.3 is 0 Å². The van der Waals surface area contributed by atoms with E-state index in [9.17, 15) is 0 Å². The van der Waals surface area contributed by atoms with Gasteiger partial charge < -0.3 is 13.7 Å². The van der Waals surface area contributed by atoms with Crippen molar-refractivity contribution in [3.05, 3.63) is 386 Å². The molecular formula is C100H67NO2. The number of hydrogen-bond donors (Lipinski definition) is 0. The molecule has 3 heteroatoms.